The van der Waals surface area contributed by atoms with Crippen molar-refractivity contribution in [3.05, 3.63) is 209 Å². The first-order chi connectivity index (χ1) is 40.9. The molecule has 2 N–H and O–H groups in total. The lowest BCUT2D eigenvalue weighted by molar-refractivity contribution is -0.122. The van der Waals surface area contributed by atoms with Gasteiger partial charge in [-0.25, -0.2) is 0 Å². The Morgan fingerprint density at radius 1 is 0.568 bits per heavy atom. The summed E-state index contributed by atoms with van der Waals surface area (Å²) in [5.41, 5.74) is 8.32. The molecule has 0 fully saturated rings. The third kappa shape index (κ3) is 16.5. The molecule has 13 nitrogen and oxygen atoms in total. The minimum absolute atomic E-state index is 0.0405. The van der Waals surface area contributed by atoms with Crippen LogP contribution >= 0.6 is 11.6 Å². The van der Waals surface area contributed by atoms with Crippen LogP contribution < -0.4 is 5.43 Å². The molecule has 88 heavy (non-hydrogen) atoms. The Morgan fingerprint density at radius 3 is 1.72 bits per heavy atom. The molecule has 6 heterocycles. The van der Waals surface area contributed by atoms with E-state index in [-0.39, 0.29) is 67.8 Å². The summed E-state index contributed by atoms with van der Waals surface area (Å²) in [4.78, 5) is 71.7. The monoisotopic (exact) mass is 1210 g/mol. The number of nitrogens with zero attached hydrogens (tertiary/aromatic N) is 2. The van der Waals surface area contributed by atoms with Crippen molar-refractivity contribution in [2.75, 3.05) is 0 Å². The molecule has 0 bridgehead atoms. The molecule has 3 aliphatic rings. The number of benzene rings is 5. The van der Waals surface area contributed by atoms with Gasteiger partial charge in [0.25, 0.3) is 0 Å². The Balaban J connectivity index is 0.000000151. The number of ketones is 6. The Hall–Kier alpha value is -8.68. The maximum atomic E-state index is 12.0. The van der Waals surface area contributed by atoms with Crippen LogP contribution in [0.1, 0.15) is 175 Å². The smallest absolute Gasteiger partial charge is 0.204 e. The molecule has 460 valence electrons. The summed E-state index contributed by atoms with van der Waals surface area (Å²) in [6.07, 6.45) is 13.9. The van der Waals surface area contributed by atoms with Gasteiger partial charge in [0.2, 0.25) is 11.6 Å². The van der Waals surface area contributed by atoms with Gasteiger partial charge in [0.15, 0.2) is 34.7 Å². The minimum Gasteiger partial charge on any atom is -0.464 e. The van der Waals surface area contributed by atoms with E-state index >= 15 is 0 Å². The van der Waals surface area contributed by atoms with Crippen LogP contribution in [0.25, 0.3) is 43.8 Å². The Kier molecular flexibility index (Phi) is 20.0. The first kappa shape index (κ1) is 66.8. The standard InChI is InChI=1S/C13H12O2.2C13H14O2.C12H14N2O.C12H16N2O.C11H13ClO/c1-13(2)7-9-8-5-3-4-6-10(8)15-11(9)12(13)14;1-13(2,3)12(14)10-5-4-9-6-7-15-11(9)8-10;1-13(2,3)12(14)11-8-9-6-4-5-7-10(9)15-11;1-12(2,3)11(15)8-4-5-9-7-13-14-10(9)6-8;1-12(2,3)11(15)9-4-5-10-6-7-13-14(10)8-9;1-11(2,3)10(13)8-4-6-9(12)7-5-8/h3-6H,7H2,1-2H3;2*4-8H,1-3H3;4-7H,1-3H3,(H,13,14);4-8,10,13H,1-3H3;4-7H,1-3H3. The highest BCUT2D eigenvalue weighted by atomic mass is 35.5. The summed E-state index contributed by atoms with van der Waals surface area (Å²) in [7, 11) is 0. The average Bonchev–Trinajstić information content (AvgIpc) is 2.35. The molecule has 0 saturated carbocycles. The number of halogens is 1. The van der Waals surface area contributed by atoms with Crippen molar-refractivity contribution in [1.82, 2.24) is 20.6 Å². The zero-order valence-electron chi connectivity index (χ0n) is 53.8. The van der Waals surface area contributed by atoms with Crippen LogP contribution in [0, 0.1) is 32.5 Å². The van der Waals surface area contributed by atoms with Crippen molar-refractivity contribution in [2.45, 2.75) is 130 Å². The highest BCUT2D eigenvalue weighted by Gasteiger charge is 2.42. The fourth-order valence-electron chi connectivity index (χ4n) is 9.47. The summed E-state index contributed by atoms with van der Waals surface area (Å²) in [5, 5.41) is 13.5. The van der Waals surface area contributed by atoms with E-state index in [0.29, 0.717) is 22.1 Å². The first-order valence-corrected chi connectivity index (χ1v) is 29.9. The molecule has 1 unspecified atom stereocenters. The number of nitrogens with one attached hydrogen (secondary N) is 2. The molecule has 0 saturated heterocycles. The highest BCUT2D eigenvalue weighted by molar-refractivity contribution is 6.30. The summed E-state index contributed by atoms with van der Waals surface area (Å²) in [6.45, 7) is 32.7. The largest absolute Gasteiger partial charge is 0.464 e. The van der Waals surface area contributed by atoms with Crippen molar-refractivity contribution < 1.29 is 42.0 Å². The maximum Gasteiger partial charge on any atom is 0.204 e. The SMILES string of the molecule is CC(C)(C)C(=O)C1=CN2NC=CC2C=C1.CC(C)(C)C(=O)c1cc2ccccc2o1.CC(C)(C)C(=O)c1ccc(Cl)cc1.CC(C)(C)C(=O)c1ccc2ccoc2c1.CC(C)(C)C(=O)c1ccc2cn[nH]c2c1.CC1(C)Cc2c(oc3ccccc23)C1=O. The molecule has 5 aromatic carbocycles. The van der Waals surface area contributed by atoms with E-state index in [1.807, 2.05) is 250 Å². The van der Waals surface area contributed by atoms with Crippen LogP contribution in [0.2, 0.25) is 5.02 Å². The second-order valence-corrected chi connectivity index (χ2v) is 28.5. The number of hydrogen-bond acceptors (Lipinski definition) is 12. The predicted molar refractivity (Wildman–Crippen MR) is 353 cm³/mol. The van der Waals surface area contributed by atoms with Crippen LogP contribution in [-0.4, -0.2) is 55.9 Å². The van der Waals surface area contributed by atoms with Crippen LogP contribution in [0.15, 0.2) is 183 Å². The first-order valence-electron chi connectivity index (χ1n) is 29.5. The van der Waals surface area contributed by atoms with Crippen molar-refractivity contribution >= 4 is 90.1 Å². The number of para-hydroxylation sites is 2. The van der Waals surface area contributed by atoms with Crippen molar-refractivity contribution in [1.29, 1.82) is 0 Å². The summed E-state index contributed by atoms with van der Waals surface area (Å²) in [6, 6.07) is 37.6. The number of hydrogen-bond donors (Lipinski definition) is 2. The topological polar surface area (TPSA) is 186 Å². The van der Waals surface area contributed by atoms with E-state index in [1.54, 1.807) is 36.7 Å². The predicted octanol–water partition coefficient (Wildman–Crippen LogP) is 18.6. The zero-order valence-corrected chi connectivity index (χ0v) is 54.6. The second-order valence-electron chi connectivity index (χ2n) is 28.0. The minimum atomic E-state index is -0.395. The van der Waals surface area contributed by atoms with Gasteiger partial charge in [-0.2, -0.15) is 5.10 Å². The quantitative estimate of drug-likeness (QED) is 0.156. The van der Waals surface area contributed by atoms with E-state index in [2.05, 4.69) is 15.6 Å². The lowest BCUT2D eigenvalue weighted by Gasteiger charge is -2.26. The van der Waals surface area contributed by atoms with E-state index in [0.717, 1.165) is 72.5 Å². The Bertz CT molecular complexity index is 3960. The summed E-state index contributed by atoms with van der Waals surface area (Å²) in [5.74, 6) is 1.80. The Labute approximate surface area is 521 Å². The van der Waals surface area contributed by atoms with Crippen molar-refractivity contribution in [2.24, 2.45) is 32.5 Å². The molecular formula is C74H83ClN4O9. The van der Waals surface area contributed by atoms with Gasteiger partial charge in [-0.15, -0.1) is 0 Å². The van der Waals surface area contributed by atoms with Gasteiger partial charge in [0.05, 0.1) is 24.0 Å². The lowest BCUT2D eigenvalue weighted by Crippen LogP contribution is -2.35. The van der Waals surface area contributed by atoms with E-state index in [9.17, 15) is 28.8 Å². The van der Waals surface area contributed by atoms with Gasteiger partial charge in [0, 0.05) is 99.3 Å². The number of carbonyl (C=O) groups excluding carboxylic acids is 6. The number of allylic oxidation sites excluding steroid dienone is 2. The molecule has 14 heteroatoms. The third-order valence-corrected chi connectivity index (χ3v) is 14.8. The molecule has 0 amide bonds. The molecule has 0 spiro atoms. The van der Waals surface area contributed by atoms with Crippen LogP contribution in [0.5, 0.6) is 0 Å². The molecular weight excluding hydrogens is 1120 g/mol. The number of aromatic amines is 1. The van der Waals surface area contributed by atoms with Gasteiger partial charge in [-0.1, -0.05) is 202 Å². The van der Waals surface area contributed by atoms with Crippen molar-refractivity contribution in [3.8, 4) is 0 Å². The fraction of sp³-hybridized carbons (Fsp3) is 0.338. The van der Waals surface area contributed by atoms with E-state index in [4.69, 9.17) is 24.9 Å². The highest BCUT2D eigenvalue weighted by Crippen LogP contribution is 2.41. The van der Waals surface area contributed by atoms with Gasteiger partial charge in [-0.05, 0) is 73.2 Å². The molecule has 12 rings (SSSR count). The van der Waals surface area contributed by atoms with E-state index < -0.39 is 5.41 Å². The van der Waals surface area contributed by atoms with Gasteiger partial charge in [-0.3, -0.25) is 38.9 Å². The maximum absolute atomic E-state index is 12.0. The van der Waals surface area contributed by atoms with Crippen LogP contribution in [0.3, 0.4) is 0 Å². The molecule has 9 aromatic rings. The number of hydrazine groups is 1. The average molecular weight is 1210 g/mol. The molecule has 2 aliphatic heterocycles. The fourth-order valence-corrected chi connectivity index (χ4v) is 9.60. The summed E-state index contributed by atoms with van der Waals surface area (Å²) < 4.78 is 16.4. The number of Topliss-reactive ketones (excluding diaryl/α,β-unsaturated/α-hetero) is 6. The van der Waals surface area contributed by atoms with Crippen molar-refractivity contribution in [3.63, 3.8) is 0 Å². The number of rotatable bonds is 5. The number of fused-ring (bicyclic) bond motifs is 7. The molecule has 1 atom stereocenters. The Morgan fingerprint density at radius 2 is 1.11 bits per heavy atom. The normalized spacial score (nSPS) is 14.9. The zero-order chi connectivity index (χ0) is 64.9. The van der Waals surface area contributed by atoms with Gasteiger partial charge in [0.1, 0.15) is 16.7 Å². The van der Waals surface area contributed by atoms with Crippen LogP contribution in [0.4, 0.5) is 0 Å². The van der Waals surface area contributed by atoms with E-state index in [1.165, 1.54) is 0 Å². The number of furan rings is 3. The summed E-state index contributed by atoms with van der Waals surface area (Å²) >= 11 is 5.72. The molecule has 1 aliphatic carbocycles. The van der Waals surface area contributed by atoms with Crippen LogP contribution in [-0.2, 0) is 11.2 Å². The molecule has 0 radical (unpaired) electrons. The number of carbonyl (C=O) groups is 6. The number of aromatic nitrogens is 2. The molecule has 4 aromatic heterocycles. The van der Waals surface area contributed by atoms with Gasteiger partial charge >= 0.3 is 0 Å². The number of H-pyrrole nitrogens is 1. The second kappa shape index (κ2) is 26.3. The lowest BCUT2D eigenvalue weighted by atomic mass is 9.85. The third-order valence-electron chi connectivity index (χ3n) is 14.6. The van der Waals surface area contributed by atoms with Gasteiger partial charge < -0.3 is 18.7 Å².